The molecule has 2 atom stereocenters. The highest BCUT2D eigenvalue weighted by atomic mass is 35.5. The van der Waals surface area contributed by atoms with Gasteiger partial charge in [0.25, 0.3) is 5.91 Å². The molecule has 1 aromatic carbocycles. The Balaban J connectivity index is 2.07. The number of carbonyl (C=O) groups excluding carboxylic acids is 2. The number of amides is 1. The van der Waals surface area contributed by atoms with Gasteiger partial charge in [0.2, 0.25) is 10.0 Å². The van der Waals surface area contributed by atoms with E-state index in [-0.39, 0.29) is 23.8 Å². The Morgan fingerprint density at radius 2 is 1.96 bits per heavy atom. The van der Waals surface area contributed by atoms with Crippen molar-refractivity contribution in [1.29, 1.82) is 0 Å². The third kappa shape index (κ3) is 5.65. The van der Waals surface area contributed by atoms with Crippen LogP contribution in [0.5, 0.6) is 0 Å². The van der Waals surface area contributed by atoms with Gasteiger partial charge in [-0.3, -0.25) is 9.59 Å². The van der Waals surface area contributed by atoms with E-state index in [1.165, 1.54) is 24.3 Å². The number of ether oxygens (including phenoxy) is 1. The van der Waals surface area contributed by atoms with Crippen LogP contribution in [-0.4, -0.2) is 61.5 Å². The van der Waals surface area contributed by atoms with Gasteiger partial charge in [-0.05, 0) is 30.2 Å². The predicted molar refractivity (Wildman–Crippen MR) is 98.6 cm³/mol. The number of sulfonamides is 1. The zero-order valence-electron chi connectivity index (χ0n) is 15.1. The first kappa shape index (κ1) is 21.6. The van der Waals surface area contributed by atoms with Gasteiger partial charge in [0, 0.05) is 24.5 Å². The second-order valence-corrected chi connectivity index (χ2v) is 9.07. The molecule has 0 spiro atoms. The molecule has 2 rings (SSSR count). The zero-order valence-corrected chi connectivity index (χ0v) is 16.7. The number of rotatable bonds is 7. The molecule has 0 aromatic heterocycles. The van der Waals surface area contributed by atoms with Crippen LogP contribution < -0.4 is 5.32 Å². The molecule has 1 fully saturated rings. The number of nitrogens with one attached hydrogen (secondary N) is 1. The van der Waals surface area contributed by atoms with Gasteiger partial charge in [0.15, 0.2) is 6.61 Å². The van der Waals surface area contributed by atoms with Crippen molar-refractivity contribution in [3.8, 4) is 0 Å². The lowest BCUT2D eigenvalue weighted by Gasteiger charge is -2.22. The molecule has 10 heteroatoms. The van der Waals surface area contributed by atoms with Crippen LogP contribution >= 0.6 is 11.6 Å². The number of β-amino-alcohol motifs (C(OH)–C–C–N with tert-alkyl or cyclic N) is 1. The third-order valence-corrected chi connectivity index (χ3v) is 6.12. The van der Waals surface area contributed by atoms with Gasteiger partial charge in [-0.1, -0.05) is 25.4 Å². The quantitative estimate of drug-likeness (QED) is 0.632. The molecule has 1 amide bonds. The normalized spacial score (nSPS) is 20.6. The standard InChI is InChI=1S/C17H23ClN2O6S/c1-11(2)8-19-16(22)10-26-17(23)15-7-13(21)9-20(15)27(24,25)14-5-3-12(18)4-6-14/h3-6,11,13,15,21H,7-10H2,1-2H3,(H,19,22)/t13-,15+/m1/s1. The van der Waals surface area contributed by atoms with Crippen molar-refractivity contribution in [2.45, 2.75) is 37.3 Å². The highest BCUT2D eigenvalue weighted by Crippen LogP contribution is 2.27. The molecule has 0 radical (unpaired) electrons. The maximum Gasteiger partial charge on any atom is 0.325 e. The number of hydrogen-bond donors (Lipinski definition) is 2. The Kier molecular flexibility index (Phi) is 7.21. The first-order valence-electron chi connectivity index (χ1n) is 8.50. The van der Waals surface area contributed by atoms with Gasteiger partial charge in [-0.25, -0.2) is 8.42 Å². The summed E-state index contributed by atoms with van der Waals surface area (Å²) in [4.78, 5) is 24.0. The van der Waals surface area contributed by atoms with Gasteiger partial charge >= 0.3 is 5.97 Å². The number of esters is 1. The van der Waals surface area contributed by atoms with E-state index in [4.69, 9.17) is 16.3 Å². The van der Waals surface area contributed by atoms with E-state index in [1.807, 2.05) is 13.8 Å². The molecule has 150 valence electrons. The lowest BCUT2D eigenvalue weighted by atomic mass is 10.2. The van der Waals surface area contributed by atoms with Crippen molar-refractivity contribution >= 4 is 33.5 Å². The number of halogens is 1. The lowest BCUT2D eigenvalue weighted by molar-refractivity contribution is -0.151. The van der Waals surface area contributed by atoms with Crippen LogP contribution in [0.3, 0.4) is 0 Å². The molecule has 0 aliphatic carbocycles. The zero-order chi connectivity index (χ0) is 20.2. The van der Waals surface area contributed by atoms with Crippen LogP contribution in [0, 0.1) is 5.92 Å². The summed E-state index contributed by atoms with van der Waals surface area (Å²) < 4.78 is 31.5. The Morgan fingerprint density at radius 1 is 1.33 bits per heavy atom. The molecule has 1 aromatic rings. The Hall–Kier alpha value is -1.68. The summed E-state index contributed by atoms with van der Waals surface area (Å²) in [6, 6.07) is 4.30. The fourth-order valence-corrected chi connectivity index (χ4v) is 4.36. The van der Waals surface area contributed by atoms with Crippen molar-refractivity contribution in [1.82, 2.24) is 9.62 Å². The van der Waals surface area contributed by atoms with Crippen molar-refractivity contribution in [2.24, 2.45) is 5.92 Å². The third-order valence-electron chi connectivity index (χ3n) is 3.98. The molecule has 2 N–H and O–H groups in total. The first-order valence-corrected chi connectivity index (χ1v) is 10.3. The minimum Gasteiger partial charge on any atom is -0.454 e. The van der Waals surface area contributed by atoms with E-state index in [0.29, 0.717) is 11.6 Å². The van der Waals surface area contributed by atoms with Crippen molar-refractivity contribution < 1.29 is 27.9 Å². The molecule has 0 unspecified atom stereocenters. The summed E-state index contributed by atoms with van der Waals surface area (Å²) in [5.41, 5.74) is 0. The number of aliphatic hydroxyl groups is 1. The van der Waals surface area contributed by atoms with Gasteiger partial charge in [-0.2, -0.15) is 4.31 Å². The minimum absolute atomic E-state index is 0.0477. The van der Waals surface area contributed by atoms with Crippen LogP contribution in [0.25, 0.3) is 0 Å². The van der Waals surface area contributed by atoms with E-state index in [2.05, 4.69) is 5.32 Å². The van der Waals surface area contributed by atoms with Gasteiger partial charge < -0.3 is 15.2 Å². The molecular weight excluding hydrogens is 396 g/mol. The average Bonchev–Trinajstić information content (AvgIpc) is 3.01. The minimum atomic E-state index is -4.03. The molecule has 1 aliphatic heterocycles. The summed E-state index contributed by atoms with van der Waals surface area (Å²) in [6.07, 6.45) is -1.10. The molecule has 27 heavy (non-hydrogen) atoms. The highest BCUT2D eigenvalue weighted by Gasteiger charge is 2.44. The SMILES string of the molecule is CC(C)CNC(=O)COC(=O)[C@@H]1C[C@@H](O)CN1S(=O)(=O)c1ccc(Cl)cc1. The number of aliphatic hydroxyl groups excluding tert-OH is 1. The Morgan fingerprint density at radius 3 is 2.56 bits per heavy atom. The molecule has 1 saturated heterocycles. The number of carbonyl (C=O) groups is 2. The van der Waals surface area contributed by atoms with Crippen LogP contribution in [0.1, 0.15) is 20.3 Å². The fourth-order valence-electron chi connectivity index (χ4n) is 2.61. The molecule has 8 nitrogen and oxygen atoms in total. The highest BCUT2D eigenvalue weighted by molar-refractivity contribution is 7.89. The second-order valence-electron chi connectivity index (χ2n) is 6.74. The summed E-state index contributed by atoms with van der Waals surface area (Å²) in [7, 11) is -4.03. The first-order chi connectivity index (χ1) is 12.6. The maximum absolute atomic E-state index is 12.8. The number of hydrogen-bond acceptors (Lipinski definition) is 6. The van der Waals surface area contributed by atoms with Crippen molar-refractivity contribution in [2.75, 3.05) is 19.7 Å². The van der Waals surface area contributed by atoms with E-state index in [9.17, 15) is 23.1 Å². The maximum atomic E-state index is 12.8. The van der Waals surface area contributed by atoms with Crippen LogP contribution in [0.15, 0.2) is 29.2 Å². The lowest BCUT2D eigenvalue weighted by Crippen LogP contribution is -2.42. The van der Waals surface area contributed by atoms with Crippen LogP contribution in [0.4, 0.5) is 0 Å². The van der Waals surface area contributed by atoms with Gasteiger partial charge in [-0.15, -0.1) is 0 Å². The molecule has 0 bridgehead atoms. The molecular formula is C17H23ClN2O6S. The summed E-state index contributed by atoms with van der Waals surface area (Å²) in [6.45, 7) is 3.55. The van der Waals surface area contributed by atoms with Crippen LogP contribution in [0.2, 0.25) is 5.02 Å². The fraction of sp³-hybridized carbons (Fsp3) is 0.529. The molecule has 1 heterocycles. The Bertz CT molecular complexity index is 781. The van der Waals surface area contributed by atoms with E-state index in [1.54, 1.807) is 0 Å². The van der Waals surface area contributed by atoms with Crippen LogP contribution in [-0.2, 0) is 24.3 Å². The predicted octanol–water partition coefficient (Wildman–Crippen LogP) is 0.779. The summed E-state index contributed by atoms with van der Waals surface area (Å²) in [5.74, 6) is -1.10. The number of benzene rings is 1. The topological polar surface area (TPSA) is 113 Å². The van der Waals surface area contributed by atoms with Gasteiger partial charge in [0.05, 0.1) is 11.0 Å². The average molecular weight is 419 g/mol. The van der Waals surface area contributed by atoms with E-state index >= 15 is 0 Å². The Labute approximate surface area is 163 Å². The van der Waals surface area contributed by atoms with E-state index in [0.717, 1.165) is 4.31 Å². The summed E-state index contributed by atoms with van der Waals surface area (Å²) >= 11 is 5.78. The smallest absolute Gasteiger partial charge is 0.325 e. The molecule has 1 aliphatic rings. The number of nitrogens with zero attached hydrogens (tertiary/aromatic N) is 1. The second kappa shape index (κ2) is 9.01. The van der Waals surface area contributed by atoms with Gasteiger partial charge in [0.1, 0.15) is 6.04 Å². The molecule has 0 saturated carbocycles. The van der Waals surface area contributed by atoms with Crippen molar-refractivity contribution in [3.63, 3.8) is 0 Å². The van der Waals surface area contributed by atoms with Crippen molar-refractivity contribution in [3.05, 3.63) is 29.3 Å². The summed E-state index contributed by atoms with van der Waals surface area (Å²) in [5, 5.41) is 12.9. The van der Waals surface area contributed by atoms with E-state index < -0.39 is 40.7 Å². The largest absolute Gasteiger partial charge is 0.454 e. The monoisotopic (exact) mass is 418 g/mol.